The summed E-state index contributed by atoms with van der Waals surface area (Å²) in [6.45, 7) is -0.381. The number of carbonyl (C=O) groups is 1. The second-order valence-electron chi connectivity index (χ2n) is 8.25. The van der Waals surface area contributed by atoms with Crippen molar-refractivity contribution in [3.05, 3.63) is 24.2 Å². The second kappa shape index (κ2) is 9.28. The largest absolute Gasteiger partial charge is 0.508 e. The molecule has 2 aromatic heterocycles. The lowest BCUT2D eigenvalue weighted by Gasteiger charge is -2.24. The van der Waals surface area contributed by atoms with Crippen molar-refractivity contribution in [3.63, 3.8) is 0 Å². The van der Waals surface area contributed by atoms with Crippen LogP contribution in [0.3, 0.4) is 0 Å². The van der Waals surface area contributed by atoms with Crippen LogP contribution in [0, 0.1) is 11.3 Å². The van der Waals surface area contributed by atoms with Gasteiger partial charge in [0.2, 0.25) is 5.60 Å². The van der Waals surface area contributed by atoms with E-state index in [-0.39, 0.29) is 24.2 Å². The van der Waals surface area contributed by atoms with Crippen molar-refractivity contribution in [2.45, 2.75) is 75.0 Å². The van der Waals surface area contributed by atoms with Crippen molar-refractivity contribution in [2.75, 3.05) is 12.3 Å². The quantitative estimate of drug-likeness (QED) is 0.586. The Bertz CT molecular complexity index is 998. The number of aliphatic hydroxyl groups is 2. The predicted octanol–water partition coefficient (Wildman–Crippen LogP) is 1.42. The van der Waals surface area contributed by atoms with Crippen molar-refractivity contribution in [1.82, 2.24) is 14.6 Å². The molecule has 4 rings (SSSR count). The topological polar surface area (TPSA) is 165 Å². The summed E-state index contributed by atoms with van der Waals surface area (Å²) in [7, 11) is 0. The van der Waals surface area contributed by atoms with E-state index in [1.807, 2.05) is 6.07 Å². The van der Waals surface area contributed by atoms with Gasteiger partial charge in [0.05, 0.1) is 5.69 Å². The summed E-state index contributed by atoms with van der Waals surface area (Å²) in [6.07, 6.45) is 2.95. The molecule has 1 unspecified atom stereocenters. The first-order valence-corrected chi connectivity index (χ1v) is 10.8. The van der Waals surface area contributed by atoms with Crippen LogP contribution >= 0.6 is 0 Å². The molecular formula is C21H27N5O6. The van der Waals surface area contributed by atoms with E-state index in [0.29, 0.717) is 5.52 Å². The number of aromatic nitrogens is 3. The van der Waals surface area contributed by atoms with Gasteiger partial charge in [0.25, 0.3) is 0 Å². The van der Waals surface area contributed by atoms with E-state index in [4.69, 9.17) is 19.9 Å². The third-order valence-corrected chi connectivity index (χ3v) is 6.17. The maximum Gasteiger partial charge on any atom is 0.508 e. The Kier molecular flexibility index (Phi) is 6.45. The lowest BCUT2D eigenvalue weighted by Crippen LogP contribution is -2.41. The lowest BCUT2D eigenvalue weighted by atomic mass is 9.92. The minimum atomic E-state index is -1.94. The highest BCUT2D eigenvalue weighted by Gasteiger charge is 2.57. The first-order valence-electron chi connectivity index (χ1n) is 10.8. The zero-order valence-electron chi connectivity index (χ0n) is 17.6. The van der Waals surface area contributed by atoms with E-state index < -0.39 is 30.1 Å². The summed E-state index contributed by atoms with van der Waals surface area (Å²) in [5.41, 5.74) is 4.50. The molecule has 0 aromatic carbocycles. The van der Waals surface area contributed by atoms with Crippen LogP contribution in [-0.2, 0) is 19.8 Å². The summed E-state index contributed by atoms with van der Waals surface area (Å²) in [5.74, 6) is 0.184. The number of ether oxygens (including phenoxy) is 3. The van der Waals surface area contributed by atoms with Crippen LogP contribution in [-0.4, -0.2) is 62.0 Å². The standard InChI is InChI=1S/C21H27N5O6/c22-11-21(16-9-8-14-19(23)24-12-25-26(14)16)18(28)17(27)15(32-21)10-30-20(29)31-13-6-4-2-1-3-5-7-13/h8-9,12-13,15,17-18,27-28H,1-7,10H2,(H2,23,24,25)/t15?,17-,18-,21+/m1/s1. The van der Waals surface area contributed by atoms with Crippen LogP contribution in [0.1, 0.15) is 50.6 Å². The molecule has 0 amide bonds. The molecule has 1 aliphatic heterocycles. The summed E-state index contributed by atoms with van der Waals surface area (Å²) in [6, 6.07) is 5.05. The summed E-state index contributed by atoms with van der Waals surface area (Å²) in [4.78, 5) is 16.1. The fourth-order valence-corrected chi connectivity index (χ4v) is 4.41. The number of rotatable bonds is 4. The van der Waals surface area contributed by atoms with Crippen LogP contribution in [0.2, 0.25) is 0 Å². The van der Waals surface area contributed by atoms with Gasteiger partial charge in [-0.2, -0.15) is 10.4 Å². The number of fused-ring (bicyclic) bond motifs is 1. The first-order chi connectivity index (χ1) is 15.5. The van der Waals surface area contributed by atoms with Crippen LogP contribution in [0.4, 0.5) is 10.6 Å². The number of nitrogens with zero attached hydrogens (tertiary/aromatic N) is 4. The van der Waals surface area contributed by atoms with Crippen LogP contribution in [0.5, 0.6) is 0 Å². The van der Waals surface area contributed by atoms with Gasteiger partial charge in [-0.3, -0.25) is 0 Å². The van der Waals surface area contributed by atoms with Gasteiger partial charge in [-0.25, -0.2) is 14.3 Å². The van der Waals surface area contributed by atoms with E-state index in [0.717, 1.165) is 38.5 Å². The first kappa shape index (κ1) is 22.3. The Morgan fingerprint density at radius 1 is 1.28 bits per heavy atom. The van der Waals surface area contributed by atoms with E-state index >= 15 is 0 Å². The number of nitrogen functional groups attached to an aromatic ring is 1. The highest BCUT2D eigenvalue weighted by atomic mass is 16.7. The SMILES string of the molecule is N#C[C@@]1(c2ccc3c(N)ncnn23)OC(COC(=O)OC2CCCCCCC2)[C@@H](O)[C@H]1O. The summed E-state index contributed by atoms with van der Waals surface area (Å²) in [5, 5.41) is 35.2. The normalized spacial score (nSPS) is 29.2. The number of nitrogens with two attached hydrogens (primary N) is 1. The number of hydrogen-bond acceptors (Lipinski definition) is 10. The van der Waals surface area contributed by atoms with Crippen LogP contribution < -0.4 is 5.73 Å². The van der Waals surface area contributed by atoms with E-state index in [2.05, 4.69) is 10.1 Å². The van der Waals surface area contributed by atoms with Crippen molar-refractivity contribution in [3.8, 4) is 6.07 Å². The molecule has 3 heterocycles. The molecule has 0 radical (unpaired) electrons. The number of hydrogen-bond donors (Lipinski definition) is 3. The fourth-order valence-electron chi connectivity index (χ4n) is 4.41. The zero-order chi connectivity index (χ0) is 22.7. The average Bonchev–Trinajstić information content (AvgIpc) is 3.30. The molecule has 1 saturated carbocycles. The summed E-state index contributed by atoms with van der Waals surface area (Å²) >= 11 is 0. The fraction of sp³-hybridized carbons (Fsp3) is 0.619. The maximum atomic E-state index is 12.2. The van der Waals surface area contributed by atoms with Gasteiger partial charge in [0.15, 0.2) is 5.82 Å². The van der Waals surface area contributed by atoms with Gasteiger partial charge in [0, 0.05) is 0 Å². The van der Waals surface area contributed by atoms with Gasteiger partial charge < -0.3 is 30.2 Å². The molecule has 2 aliphatic rings. The second-order valence-corrected chi connectivity index (χ2v) is 8.25. The molecule has 4 N–H and O–H groups in total. The highest BCUT2D eigenvalue weighted by molar-refractivity contribution is 5.66. The minimum Gasteiger partial charge on any atom is -0.431 e. The Labute approximate surface area is 184 Å². The average molecular weight is 445 g/mol. The third kappa shape index (κ3) is 4.09. The van der Waals surface area contributed by atoms with Gasteiger partial charge in [-0.05, 0) is 37.8 Å². The van der Waals surface area contributed by atoms with E-state index in [9.17, 15) is 20.3 Å². The number of aliphatic hydroxyl groups excluding tert-OH is 2. The molecule has 11 nitrogen and oxygen atoms in total. The van der Waals surface area contributed by atoms with Crippen molar-refractivity contribution in [2.24, 2.45) is 0 Å². The maximum absolute atomic E-state index is 12.2. The van der Waals surface area contributed by atoms with Gasteiger partial charge in [0.1, 0.15) is 48.9 Å². The Hall–Kier alpha value is -2.94. The number of anilines is 1. The lowest BCUT2D eigenvalue weighted by molar-refractivity contribution is -0.0755. The zero-order valence-corrected chi connectivity index (χ0v) is 17.6. The Morgan fingerprint density at radius 3 is 2.72 bits per heavy atom. The van der Waals surface area contributed by atoms with Crippen molar-refractivity contribution >= 4 is 17.5 Å². The molecule has 172 valence electrons. The van der Waals surface area contributed by atoms with Gasteiger partial charge in [-0.1, -0.05) is 19.3 Å². The van der Waals surface area contributed by atoms with Gasteiger partial charge in [-0.15, -0.1) is 0 Å². The van der Waals surface area contributed by atoms with E-state index in [1.165, 1.54) is 23.3 Å². The molecular weight excluding hydrogens is 418 g/mol. The Morgan fingerprint density at radius 2 is 2.00 bits per heavy atom. The molecule has 1 saturated heterocycles. The van der Waals surface area contributed by atoms with Crippen molar-refractivity contribution < 1.29 is 29.2 Å². The minimum absolute atomic E-state index is 0.176. The molecule has 11 heteroatoms. The molecule has 32 heavy (non-hydrogen) atoms. The molecule has 1 aliphatic carbocycles. The monoisotopic (exact) mass is 445 g/mol. The molecule has 0 bridgehead atoms. The Balaban J connectivity index is 1.44. The van der Waals surface area contributed by atoms with E-state index in [1.54, 1.807) is 6.07 Å². The third-order valence-electron chi connectivity index (χ3n) is 6.17. The molecule has 4 atom stereocenters. The predicted molar refractivity (Wildman–Crippen MR) is 110 cm³/mol. The summed E-state index contributed by atoms with van der Waals surface area (Å²) < 4.78 is 17.7. The van der Waals surface area contributed by atoms with Crippen LogP contribution in [0.15, 0.2) is 18.5 Å². The molecule has 0 spiro atoms. The van der Waals surface area contributed by atoms with Crippen molar-refractivity contribution in [1.29, 1.82) is 5.26 Å². The number of nitriles is 1. The number of carbonyl (C=O) groups excluding carboxylic acids is 1. The van der Waals surface area contributed by atoms with Gasteiger partial charge >= 0.3 is 6.16 Å². The molecule has 2 aromatic rings. The van der Waals surface area contributed by atoms with Crippen LogP contribution in [0.25, 0.3) is 5.52 Å². The highest BCUT2D eigenvalue weighted by Crippen LogP contribution is 2.40. The molecule has 2 fully saturated rings. The smallest absolute Gasteiger partial charge is 0.431 e.